The molecule has 0 radical (unpaired) electrons. The first-order chi connectivity index (χ1) is 8.78. The summed E-state index contributed by atoms with van der Waals surface area (Å²) >= 11 is 0. The Bertz CT molecular complexity index is 575. The largest absolute Gasteiger partial charge is 0.356 e. The van der Waals surface area contributed by atoms with Crippen molar-refractivity contribution in [2.75, 3.05) is 5.32 Å². The van der Waals surface area contributed by atoms with E-state index >= 15 is 0 Å². The minimum atomic E-state index is 0.707. The molecule has 18 heavy (non-hydrogen) atoms. The van der Waals surface area contributed by atoms with Gasteiger partial charge in [0.15, 0.2) is 0 Å². The second kappa shape index (κ2) is 5.70. The van der Waals surface area contributed by atoms with Crippen molar-refractivity contribution < 1.29 is 0 Å². The molecule has 0 atom stereocenters. The molecule has 0 fully saturated rings. The highest BCUT2D eigenvalue weighted by atomic mass is 14.9. The first-order valence-corrected chi connectivity index (χ1v) is 5.78. The highest BCUT2D eigenvalue weighted by Crippen LogP contribution is 2.17. The zero-order valence-electron chi connectivity index (χ0n) is 10.2. The molecule has 0 unspecified atom stereocenters. The minimum Gasteiger partial charge on any atom is -0.356 e. The van der Waals surface area contributed by atoms with E-state index in [-0.39, 0.29) is 0 Å². The number of allylic oxidation sites excluding steroid dienone is 1. The Morgan fingerprint density at radius 2 is 1.61 bits per heavy atom. The summed E-state index contributed by atoms with van der Waals surface area (Å²) < 4.78 is 0. The maximum atomic E-state index is 8.71. The highest BCUT2D eigenvalue weighted by molar-refractivity contribution is 5.63. The molecule has 2 rings (SSSR count). The number of hydrogen-bond donors (Lipinski definition) is 1. The summed E-state index contributed by atoms with van der Waals surface area (Å²) in [5, 5.41) is 12.0. The van der Waals surface area contributed by atoms with Gasteiger partial charge in [-0.25, -0.2) is 0 Å². The quantitative estimate of drug-likeness (QED) is 0.801. The Hall–Kier alpha value is -2.53. The Morgan fingerprint density at radius 1 is 1.00 bits per heavy atom. The topological polar surface area (TPSA) is 35.8 Å². The number of nitriles is 1. The van der Waals surface area contributed by atoms with Crippen LogP contribution in [0.2, 0.25) is 0 Å². The third-order valence-corrected chi connectivity index (χ3v) is 2.53. The van der Waals surface area contributed by atoms with Crippen LogP contribution in [-0.2, 0) is 0 Å². The van der Waals surface area contributed by atoms with Crippen molar-refractivity contribution in [1.82, 2.24) is 0 Å². The van der Waals surface area contributed by atoms with Crippen LogP contribution < -0.4 is 5.32 Å². The highest BCUT2D eigenvalue weighted by Gasteiger charge is 1.94. The van der Waals surface area contributed by atoms with Gasteiger partial charge in [0.2, 0.25) is 0 Å². The number of benzene rings is 2. The lowest BCUT2D eigenvalue weighted by Gasteiger charge is -2.06. The van der Waals surface area contributed by atoms with Crippen molar-refractivity contribution in [3.8, 4) is 6.07 Å². The second-order valence-electron chi connectivity index (χ2n) is 4.05. The van der Waals surface area contributed by atoms with Crippen LogP contribution in [0.1, 0.15) is 12.5 Å². The third-order valence-electron chi connectivity index (χ3n) is 2.53. The van der Waals surface area contributed by atoms with Crippen molar-refractivity contribution in [3.05, 3.63) is 65.7 Å². The fourth-order valence-electron chi connectivity index (χ4n) is 1.63. The normalized spacial score (nSPS) is 10.8. The minimum absolute atomic E-state index is 0.707. The summed E-state index contributed by atoms with van der Waals surface area (Å²) in [6.07, 6.45) is 1.87. The van der Waals surface area contributed by atoms with Gasteiger partial charge in [0.05, 0.1) is 6.07 Å². The van der Waals surface area contributed by atoms with Crippen LogP contribution in [0, 0.1) is 11.3 Å². The van der Waals surface area contributed by atoms with Gasteiger partial charge in [-0.15, -0.1) is 0 Å². The van der Waals surface area contributed by atoms with Gasteiger partial charge < -0.3 is 5.32 Å². The standard InChI is InChI=1S/C16H14N2/c1-13(12-17)11-14-7-9-16(10-8-14)18-15-5-3-2-4-6-15/h2-11,18H,1H3. The molecule has 0 aliphatic heterocycles. The molecular formula is C16H14N2. The molecule has 0 bridgehead atoms. The molecule has 0 aliphatic carbocycles. The Morgan fingerprint density at radius 3 is 2.22 bits per heavy atom. The van der Waals surface area contributed by atoms with Crippen molar-refractivity contribution in [2.45, 2.75) is 6.92 Å². The molecule has 2 aromatic carbocycles. The third kappa shape index (κ3) is 3.23. The van der Waals surface area contributed by atoms with Crippen LogP contribution in [0.25, 0.3) is 6.08 Å². The molecule has 2 heteroatoms. The molecule has 0 aromatic heterocycles. The van der Waals surface area contributed by atoms with Gasteiger partial charge in [-0.3, -0.25) is 0 Å². The summed E-state index contributed by atoms with van der Waals surface area (Å²) in [6, 6.07) is 20.1. The molecule has 2 aromatic rings. The molecule has 0 amide bonds. The van der Waals surface area contributed by atoms with Gasteiger partial charge in [-0.1, -0.05) is 30.3 Å². The van der Waals surface area contributed by atoms with Gasteiger partial charge >= 0.3 is 0 Å². The smallest absolute Gasteiger partial charge is 0.0944 e. The van der Waals surface area contributed by atoms with Crippen LogP contribution >= 0.6 is 0 Å². The SMILES string of the molecule is CC(C#N)=Cc1ccc(Nc2ccccc2)cc1. The van der Waals surface area contributed by atoms with Crippen molar-refractivity contribution in [3.63, 3.8) is 0 Å². The number of nitrogens with one attached hydrogen (secondary N) is 1. The van der Waals surface area contributed by atoms with Crippen LogP contribution in [0.4, 0.5) is 11.4 Å². The number of para-hydroxylation sites is 1. The Balaban J connectivity index is 2.12. The van der Waals surface area contributed by atoms with Crippen LogP contribution in [-0.4, -0.2) is 0 Å². The van der Waals surface area contributed by atoms with Gasteiger partial charge in [-0.05, 0) is 42.8 Å². The first kappa shape index (κ1) is 11.9. The zero-order valence-corrected chi connectivity index (χ0v) is 10.2. The maximum Gasteiger partial charge on any atom is 0.0944 e. The monoisotopic (exact) mass is 234 g/mol. The Kier molecular flexibility index (Phi) is 3.78. The lowest BCUT2D eigenvalue weighted by molar-refractivity contribution is 1.45. The van der Waals surface area contributed by atoms with E-state index in [1.165, 1.54) is 0 Å². The van der Waals surface area contributed by atoms with Crippen molar-refractivity contribution in [2.24, 2.45) is 0 Å². The summed E-state index contributed by atoms with van der Waals surface area (Å²) in [6.45, 7) is 1.80. The predicted molar refractivity (Wildman–Crippen MR) is 75.4 cm³/mol. The van der Waals surface area contributed by atoms with E-state index < -0.39 is 0 Å². The van der Waals surface area contributed by atoms with E-state index in [9.17, 15) is 0 Å². The average Bonchev–Trinajstić information content (AvgIpc) is 2.42. The number of hydrogen-bond acceptors (Lipinski definition) is 2. The fraction of sp³-hybridized carbons (Fsp3) is 0.0625. The molecule has 1 N–H and O–H groups in total. The Labute approximate surface area is 107 Å². The lowest BCUT2D eigenvalue weighted by Crippen LogP contribution is -1.89. The number of anilines is 2. The molecular weight excluding hydrogens is 220 g/mol. The average molecular weight is 234 g/mol. The van der Waals surface area contributed by atoms with Gasteiger partial charge in [0.1, 0.15) is 0 Å². The summed E-state index contributed by atoms with van der Waals surface area (Å²) in [4.78, 5) is 0. The second-order valence-corrected chi connectivity index (χ2v) is 4.05. The van der Waals surface area contributed by atoms with Crippen LogP contribution in [0.5, 0.6) is 0 Å². The number of nitrogens with zero attached hydrogens (tertiary/aromatic N) is 1. The number of rotatable bonds is 3. The maximum absolute atomic E-state index is 8.71. The summed E-state index contributed by atoms with van der Waals surface area (Å²) in [7, 11) is 0. The molecule has 2 nitrogen and oxygen atoms in total. The van der Waals surface area contributed by atoms with Crippen molar-refractivity contribution in [1.29, 1.82) is 5.26 Å². The molecule has 0 aliphatic rings. The van der Waals surface area contributed by atoms with Crippen molar-refractivity contribution >= 4 is 17.5 Å². The summed E-state index contributed by atoms with van der Waals surface area (Å²) in [5.74, 6) is 0. The molecule has 88 valence electrons. The van der Waals surface area contributed by atoms with E-state index in [1.807, 2.05) is 60.7 Å². The van der Waals surface area contributed by atoms with E-state index in [0.717, 1.165) is 16.9 Å². The van der Waals surface area contributed by atoms with E-state index in [4.69, 9.17) is 5.26 Å². The fourth-order valence-corrected chi connectivity index (χ4v) is 1.63. The van der Waals surface area contributed by atoms with Crippen LogP contribution in [0.15, 0.2) is 60.2 Å². The molecule has 0 spiro atoms. The molecule has 0 heterocycles. The van der Waals surface area contributed by atoms with E-state index in [1.54, 1.807) is 6.92 Å². The first-order valence-electron chi connectivity index (χ1n) is 5.78. The van der Waals surface area contributed by atoms with E-state index in [2.05, 4.69) is 11.4 Å². The van der Waals surface area contributed by atoms with Gasteiger partial charge in [-0.2, -0.15) is 5.26 Å². The predicted octanol–water partition coefficient (Wildman–Crippen LogP) is 4.36. The lowest BCUT2D eigenvalue weighted by atomic mass is 10.1. The van der Waals surface area contributed by atoms with Gasteiger partial charge in [0.25, 0.3) is 0 Å². The molecule has 0 saturated heterocycles. The van der Waals surface area contributed by atoms with Gasteiger partial charge in [0, 0.05) is 16.9 Å². The van der Waals surface area contributed by atoms with Crippen LogP contribution in [0.3, 0.4) is 0 Å². The van der Waals surface area contributed by atoms with E-state index in [0.29, 0.717) is 5.57 Å². The summed E-state index contributed by atoms with van der Waals surface area (Å²) in [5.41, 5.74) is 3.84. The zero-order chi connectivity index (χ0) is 12.8. The molecule has 0 saturated carbocycles.